The van der Waals surface area contributed by atoms with Gasteiger partial charge in [-0.05, 0) is 36.3 Å². The lowest BCUT2D eigenvalue weighted by atomic mass is 10.1. The van der Waals surface area contributed by atoms with Crippen LogP contribution >= 0.6 is 0 Å². The summed E-state index contributed by atoms with van der Waals surface area (Å²) in [5, 5.41) is 9.03. The second kappa shape index (κ2) is 7.84. The summed E-state index contributed by atoms with van der Waals surface area (Å²) in [5.41, 5.74) is 0.996. The van der Waals surface area contributed by atoms with Crippen molar-refractivity contribution in [3.05, 3.63) is 59.9 Å². The molecule has 0 atom stereocenters. The van der Waals surface area contributed by atoms with E-state index in [9.17, 15) is 26.4 Å². The molecule has 7 nitrogen and oxygen atoms in total. The zero-order chi connectivity index (χ0) is 21.2. The minimum absolute atomic E-state index is 0.0268. The third kappa shape index (κ3) is 4.93. The van der Waals surface area contributed by atoms with Crippen molar-refractivity contribution in [2.45, 2.75) is 17.7 Å². The Hall–Kier alpha value is -2.92. The van der Waals surface area contributed by atoms with Gasteiger partial charge >= 0.3 is 12.3 Å². The molecule has 154 valence electrons. The fourth-order valence-electron chi connectivity index (χ4n) is 2.81. The highest BCUT2D eigenvalue weighted by atomic mass is 32.2. The first-order chi connectivity index (χ1) is 13.6. The number of alkyl halides is 3. The molecule has 0 saturated carbocycles. The third-order valence-corrected chi connectivity index (χ3v) is 6.01. The van der Waals surface area contributed by atoms with Crippen LogP contribution in [0.4, 0.5) is 13.2 Å². The standard InChI is InChI=1S/C18H15F3N2O5S/c19-18(20,21)28-13-3-1-4-14(11-13)29(26,27)23-9-7-12(8-10-23)15-5-2-6-16(22-15)17(24)25/h1-7,11H,8-10H2,(H,24,25). The van der Waals surface area contributed by atoms with Gasteiger partial charge in [0.15, 0.2) is 0 Å². The van der Waals surface area contributed by atoms with Crippen molar-refractivity contribution in [2.75, 3.05) is 13.1 Å². The Morgan fingerprint density at radius 3 is 2.52 bits per heavy atom. The van der Waals surface area contributed by atoms with E-state index in [1.54, 1.807) is 18.2 Å². The van der Waals surface area contributed by atoms with Gasteiger partial charge in [-0.15, -0.1) is 13.2 Å². The summed E-state index contributed by atoms with van der Waals surface area (Å²) in [6, 6.07) is 8.71. The van der Waals surface area contributed by atoms with E-state index >= 15 is 0 Å². The van der Waals surface area contributed by atoms with Gasteiger partial charge in [0, 0.05) is 19.2 Å². The largest absolute Gasteiger partial charge is 0.573 e. The molecule has 1 aliphatic rings. The van der Waals surface area contributed by atoms with Crippen molar-refractivity contribution in [2.24, 2.45) is 0 Å². The number of carboxylic acids is 1. The van der Waals surface area contributed by atoms with E-state index in [0.29, 0.717) is 11.3 Å². The lowest BCUT2D eigenvalue weighted by Crippen LogP contribution is -2.34. The van der Waals surface area contributed by atoms with Crippen molar-refractivity contribution in [3.8, 4) is 5.75 Å². The van der Waals surface area contributed by atoms with E-state index in [1.807, 2.05) is 0 Å². The van der Waals surface area contributed by atoms with Crippen LogP contribution in [0, 0.1) is 0 Å². The van der Waals surface area contributed by atoms with Crippen LogP contribution in [0.25, 0.3) is 5.57 Å². The first kappa shape index (κ1) is 20.8. The second-order valence-electron chi connectivity index (χ2n) is 6.08. The predicted octanol–water partition coefficient (Wildman–Crippen LogP) is 3.16. The zero-order valence-electron chi connectivity index (χ0n) is 14.8. The van der Waals surface area contributed by atoms with Gasteiger partial charge in [-0.1, -0.05) is 18.2 Å². The number of ether oxygens (including phenoxy) is 1. The number of rotatable bonds is 5. The topological polar surface area (TPSA) is 96.8 Å². The molecule has 0 radical (unpaired) electrons. The molecule has 1 N–H and O–H groups in total. The average molecular weight is 428 g/mol. The number of aromatic nitrogens is 1. The van der Waals surface area contributed by atoms with Crippen LogP contribution < -0.4 is 4.74 Å². The molecule has 29 heavy (non-hydrogen) atoms. The van der Waals surface area contributed by atoms with E-state index in [4.69, 9.17) is 5.11 Å². The molecular formula is C18H15F3N2O5S. The van der Waals surface area contributed by atoms with Gasteiger partial charge in [-0.25, -0.2) is 18.2 Å². The van der Waals surface area contributed by atoms with Gasteiger partial charge in [0.25, 0.3) is 0 Å². The molecule has 0 spiro atoms. The van der Waals surface area contributed by atoms with Crippen LogP contribution in [-0.4, -0.2) is 48.2 Å². The van der Waals surface area contributed by atoms with Crippen LogP contribution in [0.15, 0.2) is 53.4 Å². The van der Waals surface area contributed by atoms with Crippen molar-refractivity contribution >= 4 is 21.6 Å². The number of aromatic carboxylic acids is 1. The van der Waals surface area contributed by atoms with Gasteiger partial charge in [0.1, 0.15) is 11.4 Å². The van der Waals surface area contributed by atoms with Gasteiger partial charge in [-0.3, -0.25) is 0 Å². The van der Waals surface area contributed by atoms with Gasteiger partial charge in [-0.2, -0.15) is 4.31 Å². The number of halogens is 3. The van der Waals surface area contributed by atoms with Crippen LogP contribution in [0.2, 0.25) is 0 Å². The lowest BCUT2D eigenvalue weighted by molar-refractivity contribution is -0.274. The number of nitrogens with zero attached hydrogens (tertiary/aromatic N) is 2. The smallest absolute Gasteiger partial charge is 0.477 e. The minimum Gasteiger partial charge on any atom is -0.477 e. The Morgan fingerprint density at radius 1 is 1.17 bits per heavy atom. The summed E-state index contributed by atoms with van der Waals surface area (Å²) in [4.78, 5) is 14.8. The molecule has 2 aromatic rings. The summed E-state index contributed by atoms with van der Waals surface area (Å²) >= 11 is 0. The Morgan fingerprint density at radius 2 is 1.90 bits per heavy atom. The quantitative estimate of drug-likeness (QED) is 0.786. The molecule has 0 amide bonds. The SMILES string of the molecule is O=C(O)c1cccc(C2=CCN(S(=O)(=O)c3cccc(OC(F)(F)F)c3)CC2)n1. The highest BCUT2D eigenvalue weighted by Crippen LogP contribution is 2.29. The Balaban J connectivity index is 1.80. The maximum Gasteiger partial charge on any atom is 0.573 e. The number of pyridine rings is 1. The maximum atomic E-state index is 12.8. The van der Waals surface area contributed by atoms with E-state index < -0.39 is 28.1 Å². The first-order valence-electron chi connectivity index (χ1n) is 8.32. The van der Waals surface area contributed by atoms with Gasteiger partial charge in [0.05, 0.1) is 10.6 Å². The summed E-state index contributed by atoms with van der Waals surface area (Å²) in [7, 11) is -4.04. The van der Waals surface area contributed by atoms with Crippen molar-refractivity contribution in [3.63, 3.8) is 0 Å². The Bertz CT molecular complexity index is 1070. The van der Waals surface area contributed by atoms with Crippen molar-refractivity contribution in [1.82, 2.24) is 9.29 Å². The zero-order valence-corrected chi connectivity index (χ0v) is 15.6. The van der Waals surface area contributed by atoms with E-state index in [2.05, 4.69) is 9.72 Å². The van der Waals surface area contributed by atoms with E-state index in [0.717, 1.165) is 16.4 Å². The maximum absolute atomic E-state index is 12.8. The van der Waals surface area contributed by atoms with Crippen LogP contribution in [-0.2, 0) is 10.0 Å². The number of carbonyl (C=O) groups is 1. The predicted molar refractivity (Wildman–Crippen MR) is 95.7 cm³/mol. The number of carboxylic acid groups (broad SMARTS) is 1. The van der Waals surface area contributed by atoms with Crippen molar-refractivity contribution in [1.29, 1.82) is 0 Å². The molecule has 2 heterocycles. The molecule has 3 rings (SSSR count). The molecule has 0 fully saturated rings. The molecule has 1 aromatic heterocycles. The molecule has 0 saturated heterocycles. The number of hydrogen-bond donors (Lipinski definition) is 1. The fourth-order valence-corrected chi connectivity index (χ4v) is 4.23. The van der Waals surface area contributed by atoms with Crippen LogP contribution in [0.1, 0.15) is 22.6 Å². The van der Waals surface area contributed by atoms with E-state index in [1.165, 1.54) is 18.2 Å². The van der Waals surface area contributed by atoms with Gasteiger partial charge < -0.3 is 9.84 Å². The van der Waals surface area contributed by atoms with Gasteiger partial charge in [0.2, 0.25) is 10.0 Å². The summed E-state index contributed by atoms with van der Waals surface area (Å²) in [6.45, 7) is 0.0402. The molecule has 0 bridgehead atoms. The second-order valence-corrected chi connectivity index (χ2v) is 8.02. The average Bonchev–Trinajstić information content (AvgIpc) is 2.67. The molecular weight excluding hydrogens is 413 g/mol. The number of hydrogen-bond acceptors (Lipinski definition) is 5. The number of benzene rings is 1. The minimum atomic E-state index is -4.93. The van der Waals surface area contributed by atoms with Crippen LogP contribution in [0.5, 0.6) is 5.75 Å². The molecule has 1 aromatic carbocycles. The highest BCUT2D eigenvalue weighted by molar-refractivity contribution is 7.89. The van der Waals surface area contributed by atoms with Crippen molar-refractivity contribution < 1.29 is 36.2 Å². The summed E-state index contributed by atoms with van der Waals surface area (Å²) < 4.78 is 67.5. The first-order valence-corrected chi connectivity index (χ1v) is 9.76. The molecule has 0 unspecified atom stereocenters. The Kier molecular flexibility index (Phi) is 5.62. The van der Waals surface area contributed by atoms with Crippen LogP contribution in [0.3, 0.4) is 0 Å². The third-order valence-electron chi connectivity index (χ3n) is 4.15. The fraction of sp³-hybridized carbons (Fsp3) is 0.222. The van der Waals surface area contributed by atoms with E-state index in [-0.39, 0.29) is 30.1 Å². The molecule has 11 heteroatoms. The normalized spacial score (nSPS) is 15.6. The summed E-state index contributed by atoms with van der Waals surface area (Å²) in [5.74, 6) is -1.80. The molecule has 0 aliphatic carbocycles. The Labute approximate surface area is 164 Å². The monoisotopic (exact) mass is 428 g/mol. The highest BCUT2D eigenvalue weighted by Gasteiger charge is 2.32. The molecule has 1 aliphatic heterocycles. The number of sulfonamides is 1. The summed E-state index contributed by atoms with van der Waals surface area (Å²) in [6.07, 6.45) is -3.05. The lowest BCUT2D eigenvalue weighted by Gasteiger charge is -2.26.